The van der Waals surface area contributed by atoms with Crippen molar-refractivity contribution in [3.05, 3.63) is 12.7 Å². The van der Waals surface area contributed by atoms with E-state index in [1.807, 2.05) is 6.07 Å². The van der Waals surface area contributed by atoms with Crippen molar-refractivity contribution in [2.75, 3.05) is 0 Å². The first-order valence-electron chi connectivity index (χ1n) is 2.22. The second kappa shape index (κ2) is 4.07. The summed E-state index contributed by atoms with van der Waals surface area (Å²) in [4.78, 5) is 9.61. The molecule has 0 aliphatic heterocycles. The zero-order valence-electron chi connectivity index (χ0n) is 4.42. The average molecular weight is 108 g/mol. The molecule has 1 radical (unpaired) electrons. The van der Waals surface area contributed by atoms with E-state index in [9.17, 15) is 4.79 Å². The van der Waals surface area contributed by atoms with E-state index in [4.69, 9.17) is 5.26 Å². The Morgan fingerprint density at radius 1 is 1.88 bits per heavy atom. The maximum atomic E-state index is 9.61. The summed E-state index contributed by atoms with van der Waals surface area (Å²) in [6.45, 7) is 3.35. The minimum absolute atomic E-state index is 0.139. The predicted octanol–water partition coefficient (Wildman–Crippen LogP) is 0.812. The van der Waals surface area contributed by atoms with Crippen LogP contribution in [-0.4, -0.2) is 6.29 Å². The fraction of sp³-hybridized carbons (Fsp3) is 0.333. The van der Waals surface area contributed by atoms with Crippen molar-refractivity contribution in [3.63, 3.8) is 0 Å². The molecule has 2 heteroatoms. The highest BCUT2D eigenvalue weighted by Crippen LogP contribution is 1.97. The molecule has 0 aromatic carbocycles. The van der Waals surface area contributed by atoms with E-state index in [1.165, 1.54) is 6.08 Å². The maximum absolute atomic E-state index is 9.61. The second-order valence-electron chi connectivity index (χ2n) is 1.32. The molecule has 0 fully saturated rings. The lowest BCUT2D eigenvalue weighted by molar-refractivity contribution is 0.547. The first kappa shape index (κ1) is 6.90. The smallest absolute Gasteiger partial charge is 0.200 e. The summed E-state index contributed by atoms with van der Waals surface area (Å²) in [7, 11) is 0. The van der Waals surface area contributed by atoms with Gasteiger partial charge in [-0.2, -0.15) is 5.26 Å². The highest BCUT2D eigenvalue weighted by atomic mass is 16.1. The fourth-order valence-corrected chi connectivity index (χ4v) is 0.271. The van der Waals surface area contributed by atoms with Crippen LogP contribution >= 0.6 is 0 Å². The highest BCUT2D eigenvalue weighted by Gasteiger charge is 1.97. The molecule has 2 nitrogen and oxygen atoms in total. The van der Waals surface area contributed by atoms with Crippen LogP contribution < -0.4 is 0 Å². The van der Waals surface area contributed by atoms with Crippen LogP contribution in [0, 0.1) is 17.2 Å². The molecule has 8 heavy (non-hydrogen) atoms. The summed E-state index contributed by atoms with van der Waals surface area (Å²) < 4.78 is 0. The summed E-state index contributed by atoms with van der Waals surface area (Å²) >= 11 is 0. The van der Waals surface area contributed by atoms with Crippen LogP contribution in [0.4, 0.5) is 0 Å². The van der Waals surface area contributed by atoms with Gasteiger partial charge >= 0.3 is 0 Å². The van der Waals surface area contributed by atoms with Crippen molar-refractivity contribution in [1.82, 2.24) is 0 Å². The Bertz CT molecular complexity index is 123. The van der Waals surface area contributed by atoms with Gasteiger partial charge in [0.1, 0.15) is 0 Å². The van der Waals surface area contributed by atoms with Crippen molar-refractivity contribution in [2.45, 2.75) is 6.42 Å². The number of hydrogen-bond acceptors (Lipinski definition) is 2. The van der Waals surface area contributed by atoms with Gasteiger partial charge in [-0.25, -0.2) is 0 Å². The summed E-state index contributed by atoms with van der Waals surface area (Å²) in [5, 5.41) is 8.16. The SMILES string of the molecule is C=CC(C#N)C[C]=O. The molecule has 0 N–H and O–H groups in total. The molecule has 0 aliphatic rings. The van der Waals surface area contributed by atoms with E-state index in [0.29, 0.717) is 0 Å². The van der Waals surface area contributed by atoms with Crippen molar-refractivity contribution in [3.8, 4) is 6.07 Å². The van der Waals surface area contributed by atoms with E-state index in [-0.39, 0.29) is 12.3 Å². The second-order valence-corrected chi connectivity index (χ2v) is 1.32. The fourth-order valence-electron chi connectivity index (χ4n) is 0.271. The molecule has 0 heterocycles. The van der Waals surface area contributed by atoms with Gasteiger partial charge in [-0.05, 0) is 0 Å². The van der Waals surface area contributed by atoms with Crippen LogP contribution in [0.2, 0.25) is 0 Å². The van der Waals surface area contributed by atoms with E-state index in [0.717, 1.165) is 0 Å². The lowest BCUT2D eigenvalue weighted by atomic mass is 10.1. The Balaban J connectivity index is 3.56. The molecule has 0 bridgehead atoms. The standard InChI is InChI=1S/C6H6NO/c1-2-6(5-7)3-4-8/h2,6H,1,3H2. The van der Waals surface area contributed by atoms with Crippen LogP contribution in [0.25, 0.3) is 0 Å². The number of allylic oxidation sites excluding steroid dienone is 1. The van der Waals surface area contributed by atoms with Gasteiger partial charge in [0.05, 0.1) is 12.0 Å². The largest absolute Gasteiger partial charge is 0.291 e. The minimum atomic E-state index is -0.354. The quantitative estimate of drug-likeness (QED) is 0.502. The Morgan fingerprint density at radius 3 is 2.62 bits per heavy atom. The lowest BCUT2D eigenvalue weighted by Crippen LogP contribution is -1.90. The predicted molar refractivity (Wildman–Crippen MR) is 29.6 cm³/mol. The molecule has 0 spiro atoms. The summed E-state index contributed by atoms with van der Waals surface area (Å²) in [6.07, 6.45) is 3.20. The summed E-state index contributed by atoms with van der Waals surface area (Å²) in [6, 6.07) is 1.87. The third kappa shape index (κ3) is 2.14. The van der Waals surface area contributed by atoms with Crippen molar-refractivity contribution < 1.29 is 4.79 Å². The zero-order valence-corrected chi connectivity index (χ0v) is 4.42. The molecule has 41 valence electrons. The molecule has 0 aliphatic carbocycles. The molecule has 0 rings (SSSR count). The van der Waals surface area contributed by atoms with Crippen LogP contribution in [0.1, 0.15) is 6.42 Å². The Hall–Kier alpha value is -1.10. The molecular weight excluding hydrogens is 102 g/mol. The first-order chi connectivity index (χ1) is 3.85. The van der Waals surface area contributed by atoms with E-state index in [1.54, 1.807) is 6.29 Å². The van der Waals surface area contributed by atoms with Gasteiger partial charge in [0.15, 0.2) is 6.29 Å². The average Bonchev–Trinajstić information content (AvgIpc) is 1.83. The van der Waals surface area contributed by atoms with E-state index < -0.39 is 0 Å². The van der Waals surface area contributed by atoms with Crippen LogP contribution in [0.5, 0.6) is 0 Å². The van der Waals surface area contributed by atoms with Gasteiger partial charge < -0.3 is 0 Å². The zero-order chi connectivity index (χ0) is 6.41. The molecule has 1 atom stereocenters. The number of nitriles is 1. The number of hydrogen-bond donors (Lipinski definition) is 0. The van der Waals surface area contributed by atoms with Crippen molar-refractivity contribution in [1.29, 1.82) is 5.26 Å². The normalized spacial score (nSPS) is 11.4. The molecule has 0 saturated heterocycles. The number of carbonyl (C=O) groups excluding carboxylic acids is 1. The third-order valence-corrected chi connectivity index (χ3v) is 0.754. The van der Waals surface area contributed by atoms with Crippen molar-refractivity contribution in [2.24, 2.45) is 5.92 Å². The van der Waals surface area contributed by atoms with Gasteiger partial charge in [0.2, 0.25) is 0 Å². The topological polar surface area (TPSA) is 40.9 Å². The molecule has 0 saturated carbocycles. The van der Waals surface area contributed by atoms with E-state index in [2.05, 4.69) is 6.58 Å². The molecular formula is C6H6NO. The Morgan fingerprint density at radius 2 is 2.50 bits per heavy atom. The van der Waals surface area contributed by atoms with Gasteiger partial charge in [-0.1, -0.05) is 6.08 Å². The maximum Gasteiger partial charge on any atom is 0.200 e. The Labute approximate surface area is 48.4 Å². The summed E-state index contributed by atoms with van der Waals surface area (Å²) in [5.74, 6) is -0.354. The molecule has 1 unspecified atom stereocenters. The van der Waals surface area contributed by atoms with Gasteiger partial charge in [-0.3, -0.25) is 4.79 Å². The van der Waals surface area contributed by atoms with Crippen LogP contribution in [-0.2, 0) is 4.79 Å². The lowest BCUT2D eigenvalue weighted by Gasteiger charge is -1.89. The van der Waals surface area contributed by atoms with Crippen LogP contribution in [0.3, 0.4) is 0 Å². The number of rotatable bonds is 3. The third-order valence-electron chi connectivity index (χ3n) is 0.754. The number of nitrogens with zero attached hydrogens (tertiary/aromatic N) is 1. The first-order valence-corrected chi connectivity index (χ1v) is 2.22. The Kier molecular flexibility index (Phi) is 3.51. The van der Waals surface area contributed by atoms with E-state index >= 15 is 0 Å². The van der Waals surface area contributed by atoms with Crippen LogP contribution in [0.15, 0.2) is 12.7 Å². The molecule has 0 aromatic rings. The highest BCUT2D eigenvalue weighted by molar-refractivity contribution is 5.52. The minimum Gasteiger partial charge on any atom is -0.291 e. The van der Waals surface area contributed by atoms with Gasteiger partial charge in [0.25, 0.3) is 0 Å². The monoisotopic (exact) mass is 108 g/mol. The molecule has 0 amide bonds. The van der Waals surface area contributed by atoms with Gasteiger partial charge in [0, 0.05) is 6.42 Å². The summed E-state index contributed by atoms with van der Waals surface area (Å²) in [5.41, 5.74) is 0. The van der Waals surface area contributed by atoms with Gasteiger partial charge in [-0.15, -0.1) is 6.58 Å². The van der Waals surface area contributed by atoms with Crippen molar-refractivity contribution >= 4 is 6.29 Å². The molecule has 0 aromatic heterocycles.